The van der Waals surface area contributed by atoms with E-state index in [4.69, 9.17) is 0 Å². The first-order valence-corrected chi connectivity index (χ1v) is 12.7. The van der Waals surface area contributed by atoms with Crippen molar-refractivity contribution in [3.8, 4) is 5.69 Å². The molecule has 1 atom stereocenters. The topological polar surface area (TPSA) is 89.2 Å². The normalized spacial score (nSPS) is 12.0. The summed E-state index contributed by atoms with van der Waals surface area (Å²) >= 11 is 0. The predicted molar refractivity (Wildman–Crippen MR) is 150 cm³/mol. The van der Waals surface area contributed by atoms with E-state index in [0.29, 0.717) is 29.2 Å². The fourth-order valence-electron chi connectivity index (χ4n) is 4.86. The molecule has 0 fully saturated rings. The third kappa shape index (κ3) is 4.64. The first kappa shape index (κ1) is 25.2. The average molecular weight is 507 g/mol. The number of amides is 1. The van der Waals surface area contributed by atoms with E-state index in [0.717, 1.165) is 28.5 Å². The molecule has 192 valence electrons. The van der Waals surface area contributed by atoms with Crippen molar-refractivity contribution in [2.45, 2.75) is 39.8 Å². The van der Waals surface area contributed by atoms with Gasteiger partial charge in [0.1, 0.15) is 11.7 Å². The first-order chi connectivity index (χ1) is 18.4. The summed E-state index contributed by atoms with van der Waals surface area (Å²) in [6.07, 6.45) is 1.67. The van der Waals surface area contributed by atoms with Crippen LogP contribution in [0.25, 0.3) is 16.6 Å². The van der Waals surface area contributed by atoms with Crippen LogP contribution in [-0.4, -0.2) is 25.4 Å². The molecule has 0 radical (unpaired) electrons. The lowest BCUT2D eigenvalue weighted by Gasteiger charge is -2.15. The minimum Gasteiger partial charge on any atom is -0.384 e. The van der Waals surface area contributed by atoms with Crippen LogP contribution in [0.3, 0.4) is 0 Å². The van der Waals surface area contributed by atoms with Crippen molar-refractivity contribution in [2.75, 3.05) is 5.32 Å². The zero-order chi connectivity index (χ0) is 26.8. The van der Waals surface area contributed by atoms with Crippen LogP contribution < -0.4 is 10.9 Å². The number of nitrogens with one attached hydrogen (secondary N) is 1. The number of aliphatic hydroxyl groups is 1. The van der Waals surface area contributed by atoms with Crippen molar-refractivity contribution < 1.29 is 9.90 Å². The molecule has 2 N–H and O–H groups in total. The first-order valence-electron chi connectivity index (χ1n) is 12.7. The SMILES string of the molecule is CCCn1c(C)c(C(=O)Nc2ccc(C(O)c3ccnc4cc(C)ccc34)cc2)c(=O)n1-c1ccccc1. The maximum Gasteiger partial charge on any atom is 0.284 e. The molecule has 0 aliphatic heterocycles. The van der Waals surface area contributed by atoms with E-state index in [9.17, 15) is 14.7 Å². The molecule has 0 aliphatic carbocycles. The molecule has 2 heterocycles. The summed E-state index contributed by atoms with van der Waals surface area (Å²) in [6, 6.07) is 24.1. The Labute approximate surface area is 221 Å². The summed E-state index contributed by atoms with van der Waals surface area (Å²) in [7, 11) is 0. The second-order valence-electron chi connectivity index (χ2n) is 9.44. The van der Waals surface area contributed by atoms with E-state index in [1.807, 2.05) is 73.1 Å². The van der Waals surface area contributed by atoms with Crippen LogP contribution >= 0.6 is 0 Å². The maximum atomic E-state index is 13.4. The zero-order valence-electron chi connectivity index (χ0n) is 21.7. The molecule has 38 heavy (non-hydrogen) atoms. The maximum absolute atomic E-state index is 13.4. The van der Waals surface area contributed by atoms with Gasteiger partial charge in [-0.1, -0.05) is 49.4 Å². The lowest BCUT2D eigenvalue weighted by atomic mass is 9.97. The lowest BCUT2D eigenvalue weighted by Crippen LogP contribution is -2.25. The van der Waals surface area contributed by atoms with Gasteiger partial charge in [-0.3, -0.25) is 19.3 Å². The molecule has 5 aromatic rings. The molecular weight excluding hydrogens is 476 g/mol. The van der Waals surface area contributed by atoms with Crippen molar-refractivity contribution in [1.82, 2.24) is 14.3 Å². The van der Waals surface area contributed by atoms with Gasteiger partial charge in [-0.15, -0.1) is 0 Å². The van der Waals surface area contributed by atoms with Crippen LogP contribution in [0, 0.1) is 13.8 Å². The zero-order valence-corrected chi connectivity index (χ0v) is 21.7. The van der Waals surface area contributed by atoms with Crippen molar-refractivity contribution in [3.05, 3.63) is 123 Å². The highest BCUT2D eigenvalue weighted by molar-refractivity contribution is 6.05. The van der Waals surface area contributed by atoms with E-state index in [1.54, 1.807) is 42.1 Å². The van der Waals surface area contributed by atoms with E-state index >= 15 is 0 Å². The van der Waals surface area contributed by atoms with E-state index in [-0.39, 0.29) is 11.1 Å². The predicted octanol–water partition coefficient (Wildman–Crippen LogP) is 5.55. The van der Waals surface area contributed by atoms with Crippen molar-refractivity contribution in [2.24, 2.45) is 0 Å². The van der Waals surface area contributed by atoms with Gasteiger partial charge in [-0.25, -0.2) is 4.68 Å². The number of aromatic nitrogens is 3. The van der Waals surface area contributed by atoms with Gasteiger partial charge in [0, 0.05) is 23.8 Å². The number of fused-ring (bicyclic) bond motifs is 1. The molecule has 2 aromatic heterocycles. The minimum atomic E-state index is -0.851. The van der Waals surface area contributed by atoms with Crippen LogP contribution in [0.15, 0.2) is 89.9 Å². The second kappa shape index (κ2) is 10.5. The van der Waals surface area contributed by atoms with Gasteiger partial charge in [0.05, 0.1) is 16.9 Å². The van der Waals surface area contributed by atoms with Crippen molar-refractivity contribution in [3.63, 3.8) is 0 Å². The average Bonchev–Trinajstić information content (AvgIpc) is 3.17. The largest absolute Gasteiger partial charge is 0.384 e. The smallest absolute Gasteiger partial charge is 0.284 e. The van der Waals surface area contributed by atoms with Crippen LogP contribution in [0.4, 0.5) is 5.69 Å². The van der Waals surface area contributed by atoms with Gasteiger partial charge in [-0.05, 0) is 73.4 Å². The summed E-state index contributed by atoms with van der Waals surface area (Å²) in [6.45, 7) is 6.45. The number of pyridine rings is 1. The quantitative estimate of drug-likeness (QED) is 0.303. The molecule has 1 unspecified atom stereocenters. The molecule has 1 amide bonds. The lowest BCUT2D eigenvalue weighted by molar-refractivity contribution is 0.102. The molecule has 5 rings (SSSR count). The number of benzene rings is 3. The van der Waals surface area contributed by atoms with Gasteiger partial charge in [-0.2, -0.15) is 0 Å². The summed E-state index contributed by atoms with van der Waals surface area (Å²) in [5.74, 6) is -0.462. The number of hydrogen-bond donors (Lipinski definition) is 2. The van der Waals surface area contributed by atoms with Gasteiger partial charge in [0.15, 0.2) is 0 Å². The highest BCUT2D eigenvalue weighted by atomic mass is 16.3. The Kier molecular flexibility index (Phi) is 6.94. The fourth-order valence-corrected chi connectivity index (χ4v) is 4.86. The second-order valence-corrected chi connectivity index (χ2v) is 9.44. The fraction of sp³-hybridized carbons (Fsp3) is 0.194. The van der Waals surface area contributed by atoms with Gasteiger partial charge >= 0.3 is 0 Å². The molecule has 0 aliphatic rings. The van der Waals surface area contributed by atoms with E-state index in [1.165, 1.54) is 0 Å². The monoisotopic (exact) mass is 506 g/mol. The molecule has 3 aromatic carbocycles. The van der Waals surface area contributed by atoms with Gasteiger partial charge in [0.25, 0.3) is 11.5 Å². The van der Waals surface area contributed by atoms with Gasteiger partial charge < -0.3 is 10.4 Å². The number of carbonyl (C=O) groups excluding carboxylic acids is 1. The Morgan fingerprint density at radius 2 is 1.74 bits per heavy atom. The Hall–Kier alpha value is -4.49. The van der Waals surface area contributed by atoms with Gasteiger partial charge in [0.2, 0.25) is 0 Å². The molecule has 0 bridgehead atoms. The van der Waals surface area contributed by atoms with Crippen LogP contribution in [-0.2, 0) is 6.54 Å². The van der Waals surface area contributed by atoms with Crippen molar-refractivity contribution >= 4 is 22.5 Å². The minimum absolute atomic E-state index is 0.116. The molecule has 7 nitrogen and oxygen atoms in total. The molecule has 0 spiro atoms. The number of para-hydroxylation sites is 1. The number of carbonyl (C=O) groups is 1. The van der Waals surface area contributed by atoms with Crippen molar-refractivity contribution in [1.29, 1.82) is 0 Å². The number of hydrogen-bond acceptors (Lipinski definition) is 4. The third-order valence-corrected chi connectivity index (χ3v) is 6.77. The highest BCUT2D eigenvalue weighted by Crippen LogP contribution is 2.29. The van der Waals surface area contributed by atoms with E-state index in [2.05, 4.69) is 10.3 Å². The number of aryl methyl sites for hydroxylation is 1. The summed E-state index contributed by atoms with van der Waals surface area (Å²) in [4.78, 5) is 31.1. The van der Waals surface area contributed by atoms with Crippen LogP contribution in [0.1, 0.15) is 52.2 Å². The summed E-state index contributed by atoms with van der Waals surface area (Å²) in [5.41, 5.74) is 5.01. The van der Waals surface area contributed by atoms with Crippen LogP contribution in [0.2, 0.25) is 0 Å². The van der Waals surface area contributed by atoms with Crippen LogP contribution in [0.5, 0.6) is 0 Å². The molecule has 0 saturated heterocycles. The number of nitrogens with zero attached hydrogens (tertiary/aromatic N) is 3. The summed E-state index contributed by atoms with van der Waals surface area (Å²) < 4.78 is 3.42. The third-order valence-electron chi connectivity index (χ3n) is 6.77. The number of rotatable bonds is 7. The highest BCUT2D eigenvalue weighted by Gasteiger charge is 2.23. The van der Waals surface area contributed by atoms with E-state index < -0.39 is 12.0 Å². The Morgan fingerprint density at radius 3 is 2.45 bits per heavy atom. The molecule has 0 saturated carbocycles. The number of aliphatic hydroxyl groups excluding tert-OH is 1. The molecular formula is C31H30N4O3. The number of anilines is 1. The summed E-state index contributed by atoms with van der Waals surface area (Å²) in [5, 5.41) is 14.9. The Morgan fingerprint density at radius 1 is 1.00 bits per heavy atom. The standard InChI is InChI=1S/C31H30N4O3/c1-4-18-34-21(3)28(31(38)35(34)24-8-6-5-7-9-24)30(37)33-23-13-11-22(12-14-23)29(36)26-16-17-32-27-19-20(2)10-15-25(26)27/h5-17,19,29,36H,4,18H2,1-3H3,(H,33,37). The Bertz CT molecular complexity index is 1670. The molecule has 7 heteroatoms. The Balaban J connectivity index is 1.41.